The average Bonchev–Trinajstić information content (AvgIpc) is 2.48. The molecule has 0 fully saturated rings. The van der Waals surface area contributed by atoms with E-state index in [1.54, 1.807) is 0 Å². The summed E-state index contributed by atoms with van der Waals surface area (Å²) in [4.78, 5) is 8.26. The predicted molar refractivity (Wildman–Crippen MR) is 86.0 cm³/mol. The monoisotopic (exact) mass is 286 g/mol. The van der Waals surface area contributed by atoms with Gasteiger partial charge in [-0.25, -0.2) is 4.98 Å². The molecule has 0 amide bonds. The van der Waals surface area contributed by atoms with Crippen LogP contribution in [-0.2, 0) is 0 Å². The largest absolute Gasteiger partial charge is 0.476 e. The van der Waals surface area contributed by atoms with E-state index >= 15 is 0 Å². The van der Waals surface area contributed by atoms with Crippen molar-refractivity contribution in [1.82, 2.24) is 9.97 Å². The fourth-order valence-corrected chi connectivity index (χ4v) is 1.91. The quantitative estimate of drug-likeness (QED) is 0.846. The Morgan fingerprint density at radius 2 is 2.10 bits per heavy atom. The number of hydrogen-bond acceptors (Lipinski definition) is 5. The van der Waals surface area contributed by atoms with Gasteiger partial charge in [0, 0.05) is 5.69 Å². The number of nitrogens with zero attached hydrogens (tertiary/aromatic N) is 2. The summed E-state index contributed by atoms with van der Waals surface area (Å²) in [7, 11) is 0. The van der Waals surface area contributed by atoms with Crippen molar-refractivity contribution >= 4 is 17.2 Å². The molecule has 3 N–H and O–H groups in total. The van der Waals surface area contributed by atoms with Gasteiger partial charge in [0.05, 0.1) is 6.61 Å². The highest BCUT2D eigenvalue weighted by Crippen LogP contribution is 2.28. The fraction of sp³-hybridized carbons (Fsp3) is 0.375. The van der Waals surface area contributed by atoms with Gasteiger partial charge in [0.15, 0.2) is 5.82 Å². The first kappa shape index (κ1) is 15.1. The lowest BCUT2D eigenvalue weighted by atomic mass is 10.0. The molecule has 1 aromatic carbocycles. The zero-order valence-electron chi connectivity index (χ0n) is 12.8. The number of nitrogens with two attached hydrogens (primary N) is 1. The SMILES string of the molecule is CCCOc1ncnc(Nc2cccc(C(C)C)c2)c1N. The lowest BCUT2D eigenvalue weighted by Crippen LogP contribution is -2.06. The number of benzene rings is 1. The first-order chi connectivity index (χ1) is 10.1. The Kier molecular flexibility index (Phi) is 4.98. The topological polar surface area (TPSA) is 73.1 Å². The highest BCUT2D eigenvalue weighted by atomic mass is 16.5. The molecule has 1 aromatic heterocycles. The van der Waals surface area contributed by atoms with Gasteiger partial charge in [-0.2, -0.15) is 4.98 Å². The van der Waals surface area contributed by atoms with Gasteiger partial charge in [-0.3, -0.25) is 0 Å². The molecule has 2 aromatic rings. The van der Waals surface area contributed by atoms with Crippen molar-refractivity contribution in [1.29, 1.82) is 0 Å². The van der Waals surface area contributed by atoms with Crippen LogP contribution in [0.2, 0.25) is 0 Å². The molecule has 0 saturated carbocycles. The molecule has 0 aliphatic carbocycles. The summed E-state index contributed by atoms with van der Waals surface area (Å²) in [5, 5.41) is 3.23. The summed E-state index contributed by atoms with van der Waals surface area (Å²) in [6, 6.07) is 8.21. The molecule has 1 heterocycles. The lowest BCUT2D eigenvalue weighted by molar-refractivity contribution is 0.307. The summed E-state index contributed by atoms with van der Waals surface area (Å²) in [6.45, 7) is 6.95. The van der Waals surface area contributed by atoms with Gasteiger partial charge < -0.3 is 15.8 Å². The number of hydrogen-bond donors (Lipinski definition) is 2. The maximum atomic E-state index is 6.06. The Hall–Kier alpha value is -2.30. The van der Waals surface area contributed by atoms with Crippen LogP contribution in [-0.4, -0.2) is 16.6 Å². The van der Waals surface area contributed by atoms with Gasteiger partial charge >= 0.3 is 0 Å². The number of rotatable bonds is 6. The molecular weight excluding hydrogens is 264 g/mol. The molecule has 0 spiro atoms. The molecule has 5 nitrogen and oxygen atoms in total. The Labute approximate surface area is 125 Å². The molecule has 0 aliphatic rings. The molecule has 21 heavy (non-hydrogen) atoms. The molecular formula is C16H22N4O. The number of aromatic nitrogens is 2. The summed E-state index contributed by atoms with van der Waals surface area (Å²) in [5.74, 6) is 1.46. The molecule has 5 heteroatoms. The Bertz CT molecular complexity index is 599. The summed E-state index contributed by atoms with van der Waals surface area (Å²) in [6.07, 6.45) is 2.36. The number of ether oxygens (including phenoxy) is 1. The van der Waals surface area contributed by atoms with Gasteiger partial charge in [0.25, 0.3) is 0 Å². The minimum absolute atomic E-state index is 0.425. The van der Waals surface area contributed by atoms with Crippen LogP contribution < -0.4 is 15.8 Å². The van der Waals surface area contributed by atoms with Gasteiger partial charge in [-0.15, -0.1) is 0 Å². The van der Waals surface area contributed by atoms with E-state index in [0.29, 0.717) is 29.9 Å². The Morgan fingerprint density at radius 3 is 2.81 bits per heavy atom. The van der Waals surface area contributed by atoms with E-state index in [1.807, 2.05) is 19.1 Å². The third-order valence-corrected chi connectivity index (χ3v) is 3.11. The molecule has 112 valence electrons. The van der Waals surface area contributed by atoms with Crippen LogP contribution in [0.25, 0.3) is 0 Å². The summed E-state index contributed by atoms with van der Waals surface area (Å²) in [5.41, 5.74) is 8.70. The first-order valence-corrected chi connectivity index (χ1v) is 7.22. The van der Waals surface area contributed by atoms with E-state index < -0.39 is 0 Å². The third-order valence-electron chi connectivity index (χ3n) is 3.11. The summed E-state index contributed by atoms with van der Waals surface area (Å²) >= 11 is 0. The van der Waals surface area contributed by atoms with Crippen LogP contribution in [0.3, 0.4) is 0 Å². The predicted octanol–water partition coefficient (Wildman–Crippen LogP) is 3.71. The average molecular weight is 286 g/mol. The molecule has 0 saturated heterocycles. The normalized spacial score (nSPS) is 10.7. The van der Waals surface area contributed by atoms with Crippen LogP contribution in [0.5, 0.6) is 5.88 Å². The molecule has 0 atom stereocenters. The van der Waals surface area contributed by atoms with E-state index in [2.05, 4.69) is 41.3 Å². The molecule has 0 radical (unpaired) electrons. The van der Waals surface area contributed by atoms with Crippen molar-refractivity contribution in [3.8, 4) is 5.88 Å². The van der Waals surface area contributed by atoms with Crippen LogP contribution in [0.4, 0.5) is 17.2 Å². The van der Waals surface area contributed by atoms with Crippen molar-refractivity contribution in [3.05, 3.63) is 36.2 Å². The lowest BCUT2D eigenvalue weighted by Gasteiger charge is -2.13. The number of nitrogen functional groups attached to an aromatic ring is 1. The molecule has 2 rings (SSSR count). The highest BCUT2D eigenvalue weighted by molar-refractivity contribution is 5.72. The zero-order chi connectivity index (χ0) is 15.2. The van der Waals surface area contributed by atoms with Crippen LogP contribution in [0, 0.1) is 0 Å². The first-order valence-electron chi connectivity index (χ1n) is 7.22. The van der Waals surface area contributed by atoms with Gasteiger partial charge in [0.1, 0.15) is 12.0 Å². The highest BCUT2D eigenvalue weighted by Gasteiger charge is 2.10. The Morgan fingerprint density at radius 1 is 1.29 bits per heavy atom. The van der Waals surface area contributed by atoms with Crippen molar-refractivity contribution < 1.29 is 4.74 Å². The smallest absolute Gasteiger partial charge is 0.242 e. The van der Waals surface area contributed by atoms with Gasteiger partial charge in [-0.05, 0) is 30.0 Å². The second kappa shape index (κ2) is 6.92. The van der Waals surface area contributed by atoms with E-state index in [-0.39, 0.29) is 0 Å². The van der Waals surface area contributed by atoms with Crippen LogP contribution in [0.15, 0.2) is 30.6 Å². The number of anilines is 3. The maximum absolute atomic E-state index is 6.06. The second-order valence-electron chi connectivity index (χ2n) is 5.19. The minimum Gasteiger partial charge on any atom is -0.476 e. The van der Waals surface area contributed by atoms with E-state index in [0.717, 1.165) is 12.1 Å². The third kappa shape index (κ3) is 3.84. The minimum atomic E-state index is 0.425. The van der Waals surface area contributed by atoms with Gasteiger partial charge in [0.2, 0.25) is 5.88 Å². The second-order valence-corrected chi connectivity index (χ2v) is 5.19. The summed E-state index contributed by atoms with van der Waals surface area (Å²) < 4.78 is 5.51. The van der Waals surface area contributed by atoms with E-state index in [4.69, 9.17) is 10.5 Å². The zero-order valence-corrected chi connectivity index (χ0v) is 12.8. The van der Waals surface area contributed by atoms with Crippen molar-refractivity contribution in [2.24, 2.45) is 0 Å². The standard InChI is InChI=1S/C16H22N4O/c1-4-8-21-16-14(17)15(18-10-19-16)20-13-7-5-6-12(9-13)11(2)3/h5-7,9-11H,4,8,17H2,1-3H3,(H,18,19,20). The van der Waals surface area contributed by atoms with E-state index in [1.165, 1.54) is 11.9 Å². The van der Waals surface area contributed by atoms with Crippen molar-refractivity contribution in [2.45, 2.75) is 33.1 Å². The van der Waals surface area contributed by atoms with Crippen LogP contribution in [0.1, 0.15) is 38.7 Å². The van der Waals surface area contributed by atoms with Gasteiger partial charge in [-0.1, -0.05) is 32.9 Å². The molecule has 0 aliphatic heterocycles. The van der Waals surface area contributed by atoms with Crippen LogP contribution >= 0.6 is 0 Å². The molecule has 0 bridgehead atoms. The number of nitrogens with one attached hydrogen (secondary N) is 1. The van der Waals surface area contributed by atoms with Crippen molar-refractivity contribution in [2.75, 3.05) is 17.7 Å². The van der Waals surface area contributed by atoms with E-state index in [9.17, 15) is 0 Å². The van der Waals surface area contributed by atoms with Crippen molar-refractivity contribution in [3.63, 3.8) is 0 Å². The fourth-order valence-electron chi connectivity index (χ4n) is 1.91. The maximum Gasteiger partial charge on any atom is 0.242 e. The molecule has 0 unspecified atom stereocenters. The Balaban J connectivity index is 2.21.